The van der Waals surface area contributed by atoms with Crippen LogP contribution in [0.2, 0.25) is 0 Å². The second-order valence-corrected chi connectivity index (χ2v) is 5.25. The van der Waals surface area contributed by atoms with E-state index in [0.29, 0.717) is 0 Å². The molecule has 0 aliphatic heterocycles. The third-order valence-corrected chi connectivity index (χ3v) is 2.90. The van der Waals surface area contributed by atoms with Crippen LogP contribution in [-0.2, 0) is 0 Å². The van der Waals surface area contributed by atoms with Gasteiger partial charge in [-0.1, -0.05) is 22.9 Å². The lowest BCUT2D eigenvalue weighted by atomic mass is 10.2. The molecular weight excluding hydrogens is 342 g/mol. The quantitative estimate of drug-likeness (QED) is 0.285. The first-order chi connectivity index (χ1) is 11.2. The molecular formula is C14H10ClN3O6. The van der Waals surface area contributed by atoms with Crippen LogP contribution in [-0.4, -0.2) is 10.0 Å². The normalized spacial score (nSPS) is 10.8. The van der Waals surface area contributed by atoms with Gasteiger partial charge in [-0.05, 0) is 11.2 Å². The Morgan fingerprint density at radius 2 is 1.46 bits per heavy atom. The molecule has 0 unspecified atom stereocenters. The standard InChI is InChI=1S/C14H10N3O2.ClHO4/c18-17(19)14-7-5-13(6-8-14)16-10-12-4-2-1-3-11(12)9-15-16;2-1(3,4)5/h1-10H;(H,2,3,4,5)/q+1;/p-1. The Hall–Kier alpha value is -2.69. The predicted octanol–water partition coefficient (Wildman–Crippen LogP) is -2.34. The van der Waals surface area contributed by atoms with Gasteiger partial charge in [0.25, 0.3) is 5.69 Å². The summed E-state index contributed by atoms with van der Waals surface area (Å²) < 4.78 is 35.7. The van der Waals surface area contributed by atoms with Crippen molar-refractivity contribution in [3.63, 3.8) is 0 Å². The number of rotatable bonds is 2. The van der Waals surface area contributed by atoms with E-state index in [1.54, 1.807) is 23.0 Å². The van der Waals surface area contributed by atoms with Crippen molar-refractivity contribution in [2.45, 2.75) is 0 Å². The first-order valence-corrected chi connectivity index (χ1v) is 7.61. The Morgan fingerprint density at radius 3 is 2.00 bits per heavy atom. The topological polar surface area (TPSA) is 152 Å². The van der Waals surface area contributed by atoms with E-state index in [1.165, 1.54) is 12.1 Å². The van der Waals surface area contributed by atoms with Gasteiger partial charge in [0, 0.05) is 29.7 Å². The summed E-state index contributed by atoms with van der Waals surface area (Å²) >= 11 is 0. The molecule has 0 aliphatic rings. The maximum atomic E-state index is 10.6. The molecule has 0 fully saturated rings. The highest BCUT2D eigenvalue weighted by Gasteiger charge is 2.12. The number of nitrogens with zero attached hydrogens (tertiary/aromatic N) is 3. The zero-order valence-corrected chi connectivity index (χ0v) is 12.7. The lowest BCUT2D eigenvalue weighted by Gasteiger charge is -2.17. The SMILES string of the molecule is O=[N+]([O-])c1ccc(-[n+]2cc3ccccc3cn2)cc1.[O-][Cl+3]([O-])([O-])[O-]. The van der Waals surface area contributed by atoms with Crippen molar-refractivity contribution >= 4 is 16.5 Å². The monoisotopic (exact) mass is 351 g/mol. The highest BCUT2D eigenvalue weighted by atomic mass is 35.7. The maximum absolute atomic E-state index is 10.6. The predicted molar refractivity (Wildman–Crippen MR) is 69.9 cm³/mol. The molecule has 10 heteroatoms. The number of halogens is 1. The van der Waals surface area contributed by atoms with E-state index in [2.05, 4.69) is 5.10 Å². The molecule has 1 aromatic heterocycles. The second kappa shape index (κ2) is 7.25. The fraction of sp³-hybridized carbons (Fsp3) is 0. The molecule has 0 bridgehead atoms. The molecule has 2 aromatic carbocycles. The minimum Gasteiger partial charge on any atom is -0.258 e. The van der Waals surface area contributed by atoms with Gasteiger partial charge < -0.3 is 0 Å². The first kappa shape index (κ1) is 17.7. The summed E-state index contributed by atoms with van der Waals surface area (Å²) in [6, 6.07) is 14.2. The van der Waals surface area contributed by atoms with E-state index in [1.807, 2.05) is 30.5 Å². The zero-order chi connectivity index (χ0) is 17.7. The minimum absolute atomic E-state index is 0.0742. The smallest absolute Gasteiger partial charge is 0.258 e. The van der Waals surface area contributed by atoms with Crippen LogP contribution in [0.25, 0.3) is 16.5 Å². The Bertz CT molecular complexity index is 845. The van der Waals surface area contributed by atoms with Crippen LogP contribution in [0.1, 0.15) is 0 Å². The van der Waals surface area contributed by atoms with E-state index in [-0.39, 0.29) is 5.69 Å². The number of nitro benzene ring substituents is 1. The molecule has 24 heavy (non-hydrogen) atoms. The molecule has 0 amide bonds. The van der Waals surface area contributed by atoms with Gasteiger partial charge in [-0.2, -0.15) is 0 Å². The molecule has 9 nitrogen and oxygen atoms in total. The van der Waals surface area contributed by atoms with Gasteiger partial charge in [0.1, 0.15) is 6.20 Å². The summed E-state index contributed by atoms with van der Waals surface area (Å²) in [5, 5.41) is 17.0. The highest BCUT2D eigenvalue weighted by molar-refractivity contribution is 5.79. The summed E-state index contributed by atoms with van der Waals surface area (Å²) in [6.07, 6.45) is 3.67. The summed E-state index contributed by atoms with van der Waals surface area (Å²) in [4.78, 5) is 10.2. The Morgan fingerprint density at radius 1 is 0.917 bits per heavy atom. The van der Waals surface area contributed by atoms with Gasteiger partial charge in [-0.25, -0.2) is 18.6 Å². The number of fused-ring (bicyclic) bond motifs is 1. The van der Waals surface area contributed by atoms with Crippen LogP contribution < -0.4 is 23.3 Å². The fourth-order valence-electron chi connectivity index (χ4n) is 1.90. The molecule has 0 atom stereocenters. The first-order valence-electron chi connectivity index (χ1n) is 6.37. The van der Waals surface area contributed by atoms with E-state index >= 15 is 0 Å². The summed E-state index contributed by atoms with van der Waals surface area (Å²) in [5.74, 6) is 0. The van der Waals surface area contributed by atoms with Gasteiger partial charge >= 0.3 is 0 Å². The summed E-state index contributed by atoms with van der Waals surface area (Å²) in [5.41, 5.74) is 0.862. The van der Waals surface area contributed by atoms with Crippen LogP contribution in [0.15, 0.2) is 60.9 Å². The van der Waals surface area contributed by atoms with Crippen molar-refractivity contribution in [2.24, 2.45) is 0 Å². The Kier molecular flexibility index (Phi) is 5.34. The Labute approximate surface area is 137 Å². The number of aromatic nitrogens is 2. The van der Waals surface area contributed by atoms with Crippen molar-refractivity contribution in [1.82, 2.24) is 5.10 Å². The van der Waals surface area contributed by atoms with Crippen LogP contribution in [0.4, 0.5) is 5.69 Å². The van der Waals surface area contributed by atoms with Gasteiger partial charge in [0.2, 0.25) is 11.9 Å². The minimum atomic E-state index is -4.94. The molecule has 0 aliphatic carbocycles. The molecule has 3 aromatic rings. The molecule has 0 saturated heterocycles. The second-order valence-electron chi connectivity index (χ2n) is 4.50. The molecule has 1 heterocycles. The van der Waals surface area contributed by atoms with E-state index < -0.39 is 15.2 Å². The number of hydrogen-bond donors (Lipinski definition) is 0. The van der Waals surface area contributed by atoms with Crippen molar-refractivity contribution in [3.05, 3.63) is 71.0 Å². The van der Waals surface area contributed by atoms with Crippen molar-refractivity contribution in [1.29, 1.82) is 0 Å². The fourth-order valence-corrected chi connectivity index (χ4v) is 1.90. The summed E-state index contributed by atoms with van der Waals surface area (Å²) in [6.45, 7) is 0. The van der Waals surface area contributed by atoms with Crippen molar-refractivity contribution in [3.8, 4) is 5.69 Å². The lowest BCUT2D eigenvalue weighted by molar-refractivity contribution is -2.00. The van der Waals surface area contributed by atoms with Gasteiger partial charge in [0.15, 0.2) is 0 Å². The van der Waals surface area contributed by atoms with E-state index in [4.69, 9.17) is 18.6 Å². The number of benzene rings is 2. The van der Waals surface area contributed by atoms with Crippen LogP contribution in [0.5, 0.6) is 0 Å². The molecule has 0 spiro atoms. The Balaban J connectivity index is 0.000000368. The average Bonchev–Trinajstić information content (AvgIpc) is 2.53. The van der Waals surface area contributed by atoms with Crippen LogP contribution in [0.3, 0.4) is 0 Å². The molecule has 0 radical (unpaired) electrons. The zero-order valence-electron chi connectivity index (χ0n) is 11.9. The third kappa shape index (κ3) is 5.19. The van der Waals surface area contributed by atoms with E-state index in [9.17, 15) is 10.1 Å². The largest absolute Gasteiger partial charge is 0.269 e. The van der Waals surface area contributed by atoms with E-state index in [0.717, 1.165) is 16.5 Å². The lowest BCUT2D eigenvalue weighted by Crippen LogP contribution is -2.68. The molecule has 0 N–H and O–H groups in total. The number of hydrogen-bond acceptors (Lipinski definition) is 7. The molecule has 0 saturated carbocycles. The van der Waals surface area contributed by atoms with Crippen molar-refractivity contribution in [2.75, 3.05) is 0 Å². The van der Waals surface area contributed by atoms with Crippen LogP contribution >= 0.6 is 0 Å². The summed E-state index contributed by atoms with van der Waals surface area (Å²) in [7, 11) is -4.94. The van der Waals surface area contributed by atoms with Gasteiger partial charge in [-0.3, -0.25) is 10.1 Å². The molecule has 3 rings (SSSR count). The third-order valence-electron chi connectivity index (χ3n) is 2.90. The number of non-ortho nitro benzene ring substituents is 1. The van der Waals surface area contributed by atoms with Crippen molar-refractivity contribution < 1.29 is 38.5 Å². The molecule has 124 valence electrons. The average molecular weight is 352 g/mol. The maximum Gasteiger partial charge on any atom is 0.269 e. The van der Waals surface area contributed by atoms with Crippen LogP contribution in [0, 0.1) is 20.4 Å². The van der Waals surface area contributed by atoms with Gasteiger partial charge in [0.05, 0.1) is 10.3 Å². The number of nitro groups is 1. The van der Waals surface area contributed by atoms with Gasteiger partial charge in [-0.15, -0.1) is 10.2 Å². The highest BCUT2D eigenvalue weighted by Crippen LogP contribution is 2.13.